The lowest BCUT2D eigenvalue weighted by Crippen LogP contribution is -2.69. The molecule has 4 fully saturated rings. The molecule has 0 aromatic heterocycles. The number of aliphatic hydroxyl groups is 14. The van der Waals surface area contributed by atoms with E-state index >= 15 is 0 Å². The van der Waals surface area contributed by atoms with Crippen molar-refractivity contribution in [3.05, 3.63) is 121 Å². The molecular weight excluding hydrogens is 1150 g/mol. The van der Waals surface area contributed by atoms with Crippen LogP contribution in [0, 0.1) is 17.8 Å². The molecular formula is C64H97N3O21. The molecule has 0 aliphatic carbocycles. The Hall–Kier alpha value is -4.46. The number of hydrogen-bond acceptors (Lipinski definition) is 23. The third-order valence-electron chi connectivity index (χ3n) is 17.2. The van der Waals surface area contributed by atoms with Crippen LogP contribution in [0.25, 0.3) is 0 Å². The zero-order chi connectivity index (χ0) is 64.3. The number of allylic oxidation sites excluding steroid dienone is 12. The van der Waals surface area contributed by atoms with Crippen molar-refractivity contribution in [2.75, 3.05) is 39.3 Å². The van der Waals surface area contributed by atoms with Gasteiger partial charge in [0.25, 0.3) is 0 Å². The van der Waals surface area contributed by atoms with E-state index in [0.29, 0.717) is 19.6 Å². The van der Waals surface area contributed by atoms with Crippen molar-refractivity contribution in [3.63, 3.8) is 0 Å². The number of hydrogen-bond donors (Lipinski definition) is 15. The van der Waals surface area contributed by atoms with E-state index < -0.39 is 184 Å². The fourth-order valence-corrected chi connectivity index (χ4v) is 11.7. The summed E-state index contributed by atoms with van der Waals surface area (Å²) in [5.74, 6) is -8.20. The summed E-state index contributed by atoms with van der Waals surface area (Å²) in [6.45, 7) is 7.72. The van der Waals surface area contributed by atoms with Crippen LogP contribution in [0.5, 0.6) is 0 Å². The van der Waals surface area contributed by atoms with Crippen LogP contribution in [0.4, 0.5) is 0 Å². The predicted octanol–water partition coefficient (Wildman–Crippen LogP) is -0.596. The molecule has 24 heteroatoms. The van der Waals surface area contributed by atoms with Gasteiger partial charge in [-0.05, 0) is 38.7 Å². The molecule has 5 aliphatic heterocycles. The Morgan fingerprint density at radius 1 is 0.636 bits per heavy atom. The molecule has 4 unspecified atom stereocenters. The fraction of sp³-hybridized carbons (Fsp3) is 0.656. The molecule has 5 heterocycles. The number of nitrogens with one attached hydrogen (secondary N) is 1. The summed E-state index contributed by atoms with van der Waals surface area (Å²) >= 11 is 0. The van der Waals surface area contributed by atoms with Crippen molar-refractivity contribution in [3.8, 4) is 0 Å². The minimum absolute atomic E-state index is 0.130. The maximum Gasteiger partial charge on any atom is 0.308 e. The van der Waals surface area contributed by atoms with E-state index in [9.17, 15) is 81.1 Å². The van der Waals surface area contributed by atoms with Crippen molar-refractivity contribution in [2.24, 2.45) is 17.8 Å². The Bertz CT molecular complexity index is 2490. The van der Waals surface area contributed by atoms with Crippen molar-refractivity contribution in [1.29, 1.82) is 0 Å². The first-order valence-corrected chi connectivity index (χ1v) is 30.7. The molecule has 23 atom stereocenters. The van der Waals surface area contributed by atoms with Gasteiger partial charge in [-0.15, -0.1) is 0 Å². The van der Waals surface area contributed by atoms with Crippen LogP contribution in [0.2, 0.25) is 0 Å². The van der Waals surface area contributed by atoms with Gasteiger partial charge >= 0.3 is 5.97 Å². The van der Waals surface area contributed by atoms with Crippen LogP contribution < -0.4 is 5.32 Å². The highest BCUT2D eigenvalue weighted by molar-refractivity contribution is 5.80. The number of cyclic esters (lactones) is 1. The summed E-state index contributed by atoms with van der Waals surface area (Å²) < 4.78 is 29.8. The van der Waals surface area contributed by atoms with Crippen LogP contribution in [0.3, 0.4) is 0 Å². The van der Waals surface area contributed by atoms with Crippen molar-refractivity contribution in [2.45, 2.75) is 207 Å². The Kier molecular flexibility index (Phi) is 28.7. The first kappa shape index (κ1) is 72.6. The van der Waals surface area contributed by atoms with Crippen LogP contribution >= 0.6 is 0 Å². The number of esters is 1. The maximum atomic E-state index is 14.9. The Morgan fingerprint density at radius 2 is 1.25 bits per heavy atom. The Morgan fingerprint density at radius 3 is 1.89 bits per heavy atom. The second kappa shape index (κ2) is 34.8. The molecule has 1 aromatic carbocycles. The zero-order valence-corrected chi connectivity index (χ0v) is 50.7. The van der Waals surface area contributed by atoms with Gasteiger partial charge in [0.15, 0.2) is 12.1 Å². The second-order valence-electron chi connectivity index (χ2n) is 24.3. The van der Waals surface area contributed by atoms with Crippen LogP contribution in [0.1, 0.15) is 84.6 Å². The third-order valence-corrected chi connectivity index (χ3v) is 17.2. The molecule has 88 heavy (non-hydrogen) atoms. The van der Waals surface area contributed by atoms with Gasteiger partial charge in [-0.1, -0.05) is 129 Å². The summed E-state index contributed by atoms with van der Waals surface area (Å²) in [5.41, 5.74) is 1.09. The number of fused-ring (bicyclic) bond motifs is 2. The summed E-state index contributed by atoms with van der Waals surface area (Å²) in [6, 6.07) is 8.49. The molecule has 2 bridgehead atoms. The summed E-state index contributed by atoms with van der Waals surface area (Å²) in [7, 11) is 0. The highest BCUT2D eigenvalue weighted by atomic mass is 16.7. The molecule has 15 N–H and O–H groups in total. The molecule has 6 rings (SSSR count). The van der Waals surface area contributed by atoms with E-state index in [1.807, 2.05) is 43.3 Å². The average Bonchev–Trinajstić information content (AvgIpc) is 1.12. The van der Waals surface area contributed by atoms with E-state index in [1.165, 1.54) is 6.92 Å². The van der Waals surface area contributed by atoms with E-state index in [4.69, 9.17) is 23.7 Å². The van der Waals surface area contributed by atoms with E-state index in [1.54, 1.807) is 97.7 Å². The quantitative estimate of drug-likeness (QED) is 0.145. The highest BCUT2D eigenvalue weighted by Gasteiger charge is 2.53. The third kappa shape index (κ3) is 21.6. The second-order valence-corrected chi connectivity index (χ2v) is 24.3. The number of amides is 1. The zero-order valence-electron chi connectivity index (χ0n) is 50.7. The van der Waals surface area contributed by atoms with Gasteiger partial charge in [-0.25, -0.2) is 0 Å². The molecule has 0 saturated carbocycles. The van der Waals surface area contributed by atoms with Crippen LogP contribution in [-0.2, 0) is 39.8 Å². The van der Waals surface area contributed by atoms with E-state index in [0.717, 1.165) is 5.56 Å². The number of ether oxygens (including phenoxy) is 5. The van der Waals surface area contributed by atoms with E-state index in [-0.39, 0.29) is 44.7 Å². The number of benzene rings is 1. The number of piperazine rings is 1. The number of rotatable bonds is 8. The van der Waals surface area contributed by atoms with Crippen molar-refractivity contribution >= 4 is 11.9 Å². The Balaban J connectivity index is 1.27. The first-order chi connectivity index (χ1) is 41.8. The van der Waals surface area contributed by atoms with Gasteiger partial charge in [-0.3, -0.25) is 14.5 Å². The van der Waals surface area contributed by atoms with Gasteiger partial charge in [-0.2, -0.15) is 0 Å². The topological polar surface area (TPSA) is 382 Å². The SMILES string of the molecule is CC1[C@H](C)OC(=O)C[C@H](O)C[C@H](O)CC[C@@H](O)[C@H](O)C[C@H](O)C[C@]2(O)C[C@H](O)C(C(=O)N3CCN(Cc4ccccc4)CC3)C(C[C@@H](OC3O[C@H](C)[C@@H](O)[C@H](NC[C@@]4(O)OC[C@@H](O)[C@H](O)[C@@H]4O)[C@@H]3O)C=CC=CC=CC=CC=CC=CC=C[C@H](C)[C@H]1O)O2. The molecule has 1 aromatic rings. The molecule has 24 nitrogen and oxygen atoms in total. The molecule has 0 spiro atoms. The highest BCUT2D eigenvalue weighted by Crippen LogP contribution is 2.39. The smallest absolute Gasteiger partial charge is 0.308 e. The number of nitrogens with zero attached hydrogens (tertiary/aromatic N) is 2. The fourth-order valence-electron chi connectivity index (χ4n) is 11.7. The molecule has 494 valence electrons. The van der Waals surface area contributed by atoms with Gasteiger partial charge in [0.2, 0.25) is 11.7 Å². The maximum absolute atomic E-state index is 14.9. The lowest BCUT2D eigenvalue weighted by molar-refractivity contribution is -0.323. The number of aliphatic hydroxyl groups excluding tert-OH is 12. The monoisotopic (exact) mass is 1240 g/mol. The minimum atomic E-state index is -2.47. The average molecular weight is 1240 g/mol. The first-order valence-electron chi connectivity index (χ1n) is 30.7. The molecule has 1 amide bonds. The lowest BCUT2D eigenvalue weighted by atomic mass is 9.81. The summed E-state index contributed by atoms with van der Waals surface area (Å²) in [5, 5.41) is 158. The molecule has 0 radical (unpaired) electrons. The summed E-state index contributed by atoms with van der Waals surface area (Å²) in [4.78, 5) is 31.5. The van der Waals surface area contributed by atoms with Gasteiger partial charge in [0.1, 0.15) is 30.5 Å². The van der Waals surface area contributed by atoms with Gasteiger partial charge in [0, 0.05) is 70.2 Å². The molecule has 4 saturated heterocycles. The van der Waals surface area contributed by atoms with E-state index in [2.05, 4.69) is 10.2 Å². The number of carbonyl (C=O) groups is 2. The van der Waals surface area contributed by atoms with Gasteiger partial charge in [0.05, 0.1) is 98.7 Å². The van der Waals surface area contributed by atoms with Crippen molar-refractivity contribution < 1.29 is 105 Å². The van der Waals surface area contributed by atoms with Gasteiger partial charge < -0.3 is 105 Å². The Labute approximate surface area is 515 Å². The van der Waals surface area contributed by atoms with Crippen LogP contribution in [0.15, 0.2) is 115 Å². The lowest BCUT2D eigenvalue weighted by Gasteiger charge is -2.48. The largest absolute Gasteiger partial charge is 0.462 e. The molecule has 5 aliphatic rings. The summed E-state index contributed by atoms with van der Waals surface area (Å²) in [6.07, 6.45) is -2.85. The van der Waals surface area contributed by atoms with Crippen molar-refractivity contribution in [1.82, 2.24) is 15.1 Å². The standard InChI is InChI=1S/C64H97N3O21/c1-39-20-16-13-11-9-7-5-6-8-10-12-14-19-23-47(87-62-59(79)55(57(77)42(4)86-62)65-38-64(83)60(80)58(78)51(74)37-84-64)33-52-54(61(81)67-28-26-66(27-29-67)36-43-21-17-15-18-22-43)50(73)35-63(82,88-52)34-46(70)31-49(72)48(71)25-24-44(68)30-45(69)32-53(75)85-41(3)40(2)56(39)76/h5-23,39-42,44-52,54-60,62,65,68-74,76-80,82-83H,24-38H2,1-4H3/t39-,40?,41-,42+,44+,45+,46-,47-,48+,49+,50-,51+,52?,54?,55-,56+,57+,58-,59-,60-,62?,63+,64+/m0/s1. The number of carbonyl (C=O) groups excluding carboxylic acids is 2. The predicted molar refractivity (Wildman–Crippen MR) is 320 cm³/mol. The normalized spacial score (nSPS) is 40.7. The minimum Gasteiger partial charge on any atom is -0.462 e. The van der Waals surface area contributed by atoms with Crippen LogP contribution in [-0.4, -0.2) is 254 Å².